The Hall–Kier alpha value is -1.55. The van der Waals surface area contributed by atoms with Gasteiger partial charge in [-0.2, -0.15) is 0 Å². The lowest BCUT2D eigenvalue weighted by Crippen LogP contribution is -2.52. The van der Waals surface area contributed by atoms with Crippen LogP contribution < -0.4 is 10.6 Å². The van der Waals surface area contributed by atoms with Crippen LogP contribution in [0.1, 0.15) is 64.7 Å². The van der Waals surface area contributed by atoms with Crippen LogP contribution in [0.15, 0.2) is 18.2 Å². The summed E-state index contributed by atoms with van der Waals surface area (Å²) in [5.74, 6) is 0.525. The Morgan fingerprint density at radius 1 is 1.16 bits per heavy atom. The molecule has 0 radical (unpaired) electrons. The zero-order valence-electron chi connectivity index (χ0n) is 17.2. The Morgan fingerprint density at radius 3 is 2.36 bits per heavy atom. The van der Waals surface area contributed by atoms with Gasteiger partial charge in [0.25, 0.3) is 0 Å². The highest BCUT2D eigenvalue weighted by Gasteiger charge is 2.27. The third-order valence-electron chi connectivity index (χ3n) is 4.09. The summed E-state index contributed by atoms with van der Waals surface area (Å²) in [7, 11) is 0. The van der Waals surface area contributed by atoms with Crippen LogP contribution >= 0.6 is 0 Å². The van der Waals surface area contributed by atoms with Gasteiger partial charge in [-0.3, -0.25) is 0 Å². The predicted molar refractivity (Wildman–Crippen MR) is 105 cm³/mol. The van der Waals surface area contributed by atoms with Crippen molar-refractivity contribution in [2.75, 3.05) is 6.54 Å². The topological polar surface area (TPSA) is 50.4 Å². The van der Waals surface area contributed by atoms with Crippen molar-refractivity contribution in [1.82, 2.24) is 10.6 Å². The lowest BCUT2D eigenvalue weighted by molar-refractivity contribution is 0.0507. The van der Waals surface area contributed by atoms with Gasteiger partial charge in [0, 0.05) is 18.6 Å². The normalized spacial score (nSPS) is 14.3. The summed E-state index contributed by atoms with van der Waals surface area (Å²) in [6, 6.07) is 6.51. The molecule has 142 valence electrons. The molecule has 2 N–H and O–H groups in total. The van der Waals surface area contributed by atoms with Crippen molar-refractivity contribution >= 4 is 6.09 Å². The Kier molecular flexibility index (Phi) is 7.48. The van der Waals surface area contributed by atoms with Crippen LogP contribution in [-0.4, -0.2) is 23.8 Å². The Balaban J connectivity index is 2.74. The second-order valence-electron chi connectivity index (χ2n) is 8.80. The molecule has 0 saturated heterocycles. The van der Waals surface area contributed by atoms with Crippen LogP contribution in [0.3, 0.4) is 0 Å². The number of hydrogen-bond acceptors (Lipinski definition) is 3. The highest BCUT2D eigenvalue weighted by atomic mass is 16.6. The van der Waals surface area contributed by atoms with Gasteiger partial charge in [-0.05, 0) is 65.0 Å². The molecule has 0 aliphatic heterocycles. The molecule has 0 saturated carbocycles. The van der Waals surface area contributed by atoms with E-state index in [9.17, 15) is 4.79 Å². The molecule has 1 rings (SSSR count). The van der Waals surface area contributed by atoms with E-state index in [2.05, 4.69) is 63.5 Å². The quantitative estimate of drug-likeness (QED) is 0.749. The van der Waals surface area contributed by atoms with E-state index in [0.717, 1.165) is 13.0 Å². The molecule has 0 aliphatic rings. The Bertz CT molecular complexity index is 576. The molecule has 25 heavy (non-hydrogen) atoms. The monoisotopic (exact) mass is 348 g/mol. The van der Waals surface area contributed by atoms with E-state index in [1.54, 1.807) is 0 Å². The van der Waals surface area contributed by atoms with E-state index < -0.39 is 5.60 Å². The predicted octanol–water partition coefficient (Wildman–Crippen LogP) is 4.72. The summed E-state index contributed by atoms with van der Waals surface area (Å²) in [5, 5.41) is 6.58. The van der Waals surface area contributed by atoms with E-state index in [1.165, 1.54) is 16.7 Å². The smallest absolute Gasteiger partial charge is 0.407 e. The number of ether oxygens (including phenoxy) is 1. The number of amides is 1. The highest BCUT2D eigenvalue weighted by Crippen LogP contribution is 2.19. The first-order chi connectivity index (χ1) is 11.4. The Morgan fingerprint density at radius 2 is 1.80 bits per heavy atom. The molecular formula is C21H36N2O2. The maximum Gasteiger partial charge on any atom is 0.407 e. The lowest BCUT2D eigenvalue weighted by atomic mass is 9.90. The molecule has 0 spiro atoms. The SMILES string of the molecule is Cc1ccc(C)c(CNC(C)(CNC(=O)OC(C)(C)C)CC(C)C)c1. The number of alkyl carbamates (subject to hydrolysis) is 1. The largest absolute Gasteiger partial charge is 0.444 e. The van der Waals surface area contributed by atoms with Crippen LogP contribution in [0.25, 0.3) is 0 Å². The van der Waals surface area contributed by atoms with Crippen LogP contribution in [-0.2, 0) is 11.3 Å². The molecular weight excluding hydrogens is 312 g/mol. The number of hydrogen-bond donors (Lipinski definition) is 2. The van der Waals surface area contributed by atoms with Crippen molar-refractivity contribution < 1.29 is 9.53 Å². The third-order valence-corrected chi connectivity index (χ3v) is 4.09. The van der Waals surface area contributed by atoms with E-state index in [-0.39, 0.29) is 11.6 Å². The molecule has 1 atom stereocenters. The van der Waals surface area contributed by atoms with E-state index in [4.69, 9.17) is 4.74 Å². The van der Waals surface area contributed by atoms with Crippen molar-refractivity contribution in [2.45, 2.75) is 79.5 Å². The average Bonchev–Trinajstić information content (AvgIpc) is 2.44. The van der Waals surface area contributed by atoms with Crippen LogP contribution in [0, 0.1) is 19.8 Å². The summed E-state index contributed by atoms with van der Waals surface area (Å²) in [6.07, 6.45) is 0.601. The number of nitrogens with one attached hydrogen (secondary N) is 2. The summed E-state index contributed by atoms with van der Waals surface area (Å²) in [4.78, 5) is 12.0. The fourth-order valence-corrected chi connectivity index (χ4v) is 2.99. The lowest BCUT2D eigenvalue weighted by Gasteiger charge is -2.33. The molecule has 1 amide bonds. The van der Waals surface area contributed by atoms with Gasteiger partial charge in [-0.25, -0.2) is 4.79 Å². The maximum atomic E-state index is 12.0. The summed E-state index contributed by atoms with van der Waals surface area (Å²) in [5.41, 5.74) is 3.17. The number of carbonyl (C=O) groups excluding carboxylic acids is 1. The Labute approximate surface area is 153 Å². The second-order valence-corrected chi connectivity index (χ2v) is 8.80. The van der Waals surface area contributed by atoms with Crippen molar-refractivity contribution in [3.8, 4) is 0 Å². The minimum absolute atomic E-state index is 0.193. The summed E-state index contributed by atoms with van der Waals surface area (Å²) < 4.78 is 5.36. The van der Waals surface area contributed by atoms with Crippen molar-refractivity contribution in [1.29, 1.82) is 0 Å². The minimum atomic E-state index is -0.482. The molecule has 0 fully saturated rings. The fraction of sp³-hybridized carbons (Fsp3) is 0.667. The standard InChI is InChI=1S/C21H36N2O2/c1-15(2)12-21(8,14-22-19(24)25-20(5,6)7)23-13-18-11-16(3)9-10-17(18)4/h9-11,15,23H,12-14H2,1-8H3,(H,22,24). The molecule has 0 bridgehead atoms. The van der Waals surface area contributed by atoms with Crippen LogP contribution in [0.5, 0.6) is 0 Å². The minimum Gasteiger partial charge on any atom is -0.444 e. The third kappa shape index (κ3) is 8.39. The van der Waals surface area contributed by atoms with Crippen molar-refractivity contribution in [3.05, 3.63) is 34.9 Å². The van der Waals surface area contributed by atoms with Crippen LogP contribution in [0.4, 0.5) is 4.79 Å². The van der Waals surface area contributed by atoms with E-state index in [1.807, 2.05) is 20.8 Å². The van der Waals surface area contributed by atoms with Gasteiger partial charge < -0.3 is 15.4 Å². The molecule has 4 nitrogen and oxygen atoms in total. The molecule has 4 heteroatoms. The zero-order chi connectivity index (χ0) is 19.3. The number of benzene rings is 1. The molecule has 0 aromatic heterocycles. The molecule has 0 aliphatic carbocycles. The molecule has 0 heterocycles. The zero-order valence-corrected chi connectivity index (χ0v) is 17.2. The van der Waals surface area contributed by atoms with Gasteiger partial charge in [0.15, 0.2) is 0 Å². The van der Waals surface area contributed by atoms with E-state index >= 15 is 0 Å². The number of aryl methyl sites for hydroxylation is 2. The molecule has 1 aromatic carbocycles. The molecule has 1 unspecified atom stereocenters. The van der Waals surface area contributed by atoms with Gasteiger partial charge in [0.1, 0.15) is 5.60 Å². The molecule has 1 aromatic rings. The average molecular weight is 349 g/mol. The van der Waals surface area contributed by atoms with Crippen LogP contribution in [0.2, 0.25) is 0 Å². The van der Waals surface area contributed by atoms with Crippen molar-refractivity contribution in [2.24, 2.45) is 5.92 Å². The summed E-state index contributed by atoms with van der Waals surface area (Å²) in [6.45, 7) is 17.7. The number of carbonyl (C=O) groups is 1. The van der Waals surface area contributed by atoms with Gasteiger partial charge >= 0.3 is 6.09 Å². The highest BCUT2D eigenvalue weighted by molar-refractivity contribution is 5.67. The first-order valence-corrected chi connectivity index (χ1v) is 9.18. The van der Waals surface area contributed by atoms with E-state index in [0.29, 0.717) is 12.5 Å². The van der Waals surface area contributed by atoms with Gasteiger partial charge in [0.05, 0.1) is 0 Å². The first-order valence-electron chi connectivity index (χ1n) is 9.18. The summed E-state index contributed by atoms with van der Waals surface area (Å²) >= 11 is 0. The second kappa shape index (κ2) is 8.70. The van der Waals surface area contributed by atoms with Crippen molar-refractivity contribution in [3.63, 3.8) is 0 Å². The first kappa shape index (κ1) is 21.5. The van der Waals surface area contributed by atoms with Gasteiger partial charge in [-0.1, -0.05) is 37.6 Å². The van der Waals surface area contributed by atoms with Gasteiger partial charge in [-0.15, -0.1) is 0 Å². The fourth-order valence-electron chi connectivity index (χ4n) is 2.99. The number of rotatable bonds is 7. The van der Waals surface area contributed by atoms with Gasteiger partial charge in [0.2, 0.25) is 0 Å². The maximum absolute atomic E-state index is 12.0.